The molecule has 31 heavy (non-hydrogen) atoms. The molecule has 4 aromatic rings. The predicted molar refractivity (Wildman–Crippen MR) is 129 cm³/mol. The fourth-order valence-electron chi connectivity index (χ4n) is 3.92. The number of pyridine rings is 1. The summed E-state index contributed by atoms with van der Waals surface area (Å²) in [5.41, 5.74) is 2.96. The minimum atomic E-state index is -0.101. The van der Waals surface area contributed by atoms with E-state index in [1.165, 1.54) is 10.4 Å². The number of likely N-dealkylation sites (N-methyl/N-ethyl adjacent to an activating group) is 1. The summed E-state index contributed by atoms with van der Waals surface area (Å²) < 4.78 is 0.852. The van der Waals surface area contributed by atoms with Crippen LogP contribution in [0.5, 0.6) is 0 Å². The number of rotatable bonds is 5. The quantitative estimate of drug-likeness (QED) is 0.419. The molecule has 3 aromatic heterocycles. The number of nitrogens with one attached hydrogen (secondary N) is 1. The summed E-state index contributed by atoms with van der Waals surface area (Å²) in [6, 6.07) is 11.4. The molecule has 1 aliphatic carbocycles. The first-order valence-electron chi connectivity index (χ1n) is 10.1. The van der Waals surface area contributed by atoms with Gasteiger partial charge in [-0.3, -0.25) is 9.78 Å². The van der Waals surface area contributed by atoms with E-state index in [2.05, 4.69) is 26.2 Å². The Bertz CT molecular complexity index is 1270. The topological polar surface area (TPSA) is 71.0 Å². The van der Waals surface area contributed by atoms with Crippen molar-refractivity contribution in [1.29, 1.82) is 0 Å². The molecule has 8 heteroatoms. The van der Waals surface area contributed by atoms with Crippen LogP contribution in [0.3, 0.4) is 0 Å². The SMILES string of the molecule is CN(CC(=O)Nc1ccccc1Br)c1nc(-c2cccnc2)nc2sc3c(c12)CCC3. The Hall–Kier alpha value is -2.84. The lowest BCUT2D eigenvalue weighted by atomic mass is 10.1. The van der Waals surface area contributed by atoms with Crippen LogP contribution in [0.4, 0.5) is 11.5 Å². The molecule has 3 heterocycles. The van der Waals surface area contributed by atoms with Gasteiger partial charge in [0.05, 0.1) is 17.6 Å². The number of hydrogen-bond donors (Lipinski definition) is 1. The Labute approximate surface area is 192 Å². The third kappa shape index (κ3) is 3.93. The standard InChI is InChI=1S/C23H20BrN5OS/c1-29(13-19(30)26-17-9-3-2-8-16(17)24)22-20-15-7-4-10-18(15)31-23(20)28-21(27-22)14-6-5-11-25-12-14/h2-3,5-6,8-9,11-12H,4,7,10,13H2,1H3,(H,26,30). The fourth-order valence-corrected chi connectivity index (χ4v) is 5.56. The van der Waals surface area contributed by atoms with Gasteiger partial charge < -0.3 is 10.2 Å². The second-order valence-corrected chi connectivity index (χ2v) is 9.47. The van der Waals surface area contributed by atoms with Crippen molar-refractivity contribution in [3.05, 3.63) is 63.7 Å². The third-order valence-electron chi connectivity index (χ3n) is 5.36. The minimum Gasteiger partial charge on any atom is -0.350 e. The predicted octanol–water partition coefficient (Wildman–Crippen LogP) is 5.08. The second kappa shape index (κ2) is 8.36. The van der Waals surface area contributed by atoms with Gasteiger partial charge in [0.2, 0.25) is 5.91 Å². The van der Waals surface area contributed by atoms with E-state index in [9.17, 15) is 4.79 Å². The van der Waals surface area contributed by atoms with E-state index < -0.39 is 0 Å². The molecule has 0 unspecified atom stereocenters. The molecular formula is C23H20BrN5OS. The zero-order chi connectivity index (χ0) is 21.4. The van der Waals surface area contributed by atoms with Crippen LogP contribution >= 0.6 is 27.3 Å². The molecule has 0 atom stereocenters. The van der Waals surface area contributed by atoms with Gasteiger partial charge in [-0.15, -0.1) is 11.3 Å². The van der Waals surface area contributed by atoms with Crippen molar-refractivity contribution < 1.29 is 4.79 Å². The van der Waals surface area contributed by atoms with Crippen molar-refractivity contribution in [1.82, 2.24) is 15.0 Å². The van der Waals surface area contributed by atoms with Crippen LogP contribution in [0.2, 0.25) is 0 Å². The highest BCUT2D eigenvalue weighted by atomic mass is 79.9. The van der Waals surface area contributed by atoms with Crippen LogP contribution in [0, 0.1) is 0 Å². The third-order valence-corrected chi connectivity index (χ3v) is 7.23. The molecule has 5 rings (SSSR count). The van der Waals surface area contributed by atoms with Gasteiger partial charge in [0.1, 0.15) is 10.6 Å². The Morgan fingerprint density at radius 1 is 1.19 bits per heavy atom. The number of thiophene rings is 1. The molecule has 0 fully saturated rings. The number of anilines is 2. The maximum absolute atomic E-state index is 12.8. The molecule has 0 radical (unpaired) electrons. The number of benzene rings is 1. The van der Waals surface area contributed by atoms with Gasteiger partial charge in [-0.05, 0) is 65.0 Å². The van der Waals surface area contributed by atoms with E-state index in [0.717, 1.165) is 51.0 Å². The molecule has 0 spiro atoms. The number of aromatic nitrogens is 3. The number of fused-ring (bicyclic) bond motifs is 3. The highest BCUT2D eigenvalue weighted by Gasteiger charge is 2.25. The summed E-state index contributed by atoms with van der Waals surface area (Å²) in [5.74, 6) is 1.33. The van der Waals surface area contributed by atoms with Crippen molar-refractivity contribution >= 4 is 54.9 Å². The lowest BCUT2D eigenvalue weighted by Gasteiger charge is -2.20. The maximum atomic E-state index is 12.8. The fraction of sp³-hybridized carbons (Fsp3) is 0.217. The van der Waals surface area contributed by atoms with Crippen LogP contribution < -0.4 is 10.2 Å². The van der Waals surface area contributed by atoms with Gasteiger partial charge in [0.25, 0.3) is 0 Å². The van der Waals surface area contributed by atoms with Gasteiger partial charge in [0, 0.05) is 34.4 Å². The molecule has 0 bridgehead atoms. The van der Waals surface area contributed by atoms with Crippen molar-refractivity contribution in [3.63, 3.8) is 0 Å². The number of carbonyl (C=O) groups excluding carboxylic acids is 1. The molecule has 1 aromatic carbocycles. The summed E-state index contributed by atoms with van der Waals surface area (Å²) >= 11 is 5.22. The lowest BCUT2D eigenvalue weighted by Crippen LogP contribution is -2.31. The lowest BCUT2D eigenvalue weighted by molar-refractivity contribution is -0.114. The van der Waals surface area contributed by atoms with Crippen LogP contribution in [0.15, 0.2) is 53.3 Å². The van der Waals surface area contributed by atoms with Crippen molar-refractivity contribution in [2.45, 2.75) is 19.3 Å². The highest BCUT2D eigenvalue weighted by molar-refractivity contribution is 9.10. The number of nitrogens with zero attached hydrogens (tertiary/aromatic N) is 4. The zero-order valence-corrected chi connectivity index (χ0v) is 19.3. The summed E-state index contributed by atoms with van der Waals surface area (Å²) in [6.45, 7) is 0.185. The van der Waals surface area contributed by atoms with E-state index in [0.29, 0.717) is 5.82 Å². The number of halogens is 1. The number of para-hydroxylation sites is 1. The molecule has 1 aliphatic rings. The smallest absolute Gasteiger partial charge is 0.243 e. The summed E-state index contributed by atoms with van der Waals surface area (Å²) in [7, 11) is 1.91. The molecule has 6 nitrogen and oxygen atoms in total. The number of aryl methyl sites for hydroxylation is 2. The molecule has 0 saturated heterocycles. The van der Waals surface area contributed by atoms with Gasteiger partial charge in [-0.25, -0.2) is 9.97 Å². The number of hydrogen-bond acceptors (Lipinski definition) is 6. The van der Waals surface area contributed by atoms with Crippen LogP contribution in [0.1, 0.15) is 16.9 Å². The van der Waals surface area contributed by atoms with Gasteiger partial charge in [-0.2, -0.15) is 0 Å². The van der Waals surface area contributed by atoms with E-state index in [1.54, 1.807) is 23.7 Å². The van der Waals surface area contributed by atoms with Crippen molar-refractivity contribution in [3.8, 4) is 11.4 Å². The summed E-state index contributed by atoms with van der Waals surface area (Å²) in [5, 5.41) is 4.06. The molecule has 0 saturated carbocycles. The van der Waals surface area contributed by atoms with Gasteiger partial charge in [-0.1, -0.05) is 12.1 Å². The molecule has 156 valence electrons. The van der Waals surface area contributed by atoms with E-state index >= 15 is 0 Å². The van der Waals surface area contributed by atoms with Crippen LogP contribution in [-0.2, 0) is 17.6 Å². The first kappa shape index (κ1) is 20.1. The summed E-state index contributed by atoms with van der Waals surface area (Å²) in [4.78, 5) is 31.0. The highest BCUT2D eigenvalue weighted by Crippen LogP contribution is 2.41. The Morgan fingerprint density at radius 3 is 2.87 bits per heavy atom. The Balaban J connectivity index is 1.51. The first-order valence-corrected chi connectivity index (χ1v) is 11.7. The normalized spacial score (nSPS) is 12.7. The second-order valence-electron chi connectivity index (χ2n) is 7.53. The average Bonchev–Trinajstić information content (AvgIpc) is 3.36. The minimum absolute atomic E-state index is 0.101. The first-order chi connectivity index (χ1) is 15.1. The maximum Gasteiger partial charge on any atom is 0.243 e. The van der Waals surface area contributed by atoms with Gasteiger partial charge >= 0.3 is 0 Å². The van der Waals surface area contributed by atoms with E-state index in [-0.39, 0.29) is 12.5 Å². The zero-order valence-electron chi connectivity index (χ0n) is 16.9. The van der Waals surface area contributed by atoms with E-state index in [4.69, 9.17) is 9.97 Å². The number of carbonyl (C=O) groups is 1. The average molecular weight is 494 g/mol. The largest absolute Gasteiger partial charge is 0.350 e. The van der Waals surface area contributed by atoms with Crippen molar-refractivity contribution in [2.75, 3.05) is 23.8 Å². The molecule has 1 N–H and O–H groups in total. The molecular weight excluding hydrogens is 474 g/mol. The van der Waals surface area contributed by atoms with E-state index in [1.807, 2.05) is 48.3 Å². The molecule has 0 aliphatic heterocycles. The number of amides is 1. The molecule has 1 amide bonds. The van der Waals surface area contributed by atoms with Crippen LogP contribution in [0.25, 0.3) is 21.6 Å². The Morgan fingerprint density at radius 2 is 2.06 bits per heavy atom. The van der Waals surface area contributed by atoms with Gasteiger partial charge in [0.15, 0.2) is 5.82 Å². The van der Waals surface area contributed by atoms with Crippen molar-refractivity contribution in [2.24, 2.45) is 0 Å². The van der Waals surface area contributed by atoms with Crippen LogP contribution in [-0.4, -0.2) is 34.5 Å². The Kier molecular flexibility index (Phi) is 5.41. The summed E-state index contributed by atoms with van der Waals surface area (Å²) in [6.07, 6.45) is 6.79. The monoisotopic (exact) mass is 493 g/mol.